The molecule has 1 saturated carbocycles. The molecule has 0 aromatic carbocycles. The van der Waals surface area contributed by atoms with E-state index in [0.29, 0.717) is 17.4 Å². The Kier molecular flexibility index (Phi) is 3.77. The van der Waals surface area contributed by atoms with E-state index in [1.165, 1.54) is 12.8 Å². The summed E-state index contributed by atoms with van der Waals surface area (Å²) in [5, 5.41) is 12.0. The average molecular weight is 213 g/mol. The molecular formula is C12H23NO2. The van der Waals surface area contributed by atoms with Crippen LogP contribution in [0.5, 0.6) is 0 Å². The van der Waals surface area contributed by atoms with Crippen LogP contribution in [-0.2, 0) is 4.79 Å². The number of hydrogen-bond acceptors (Lipinski definition) is 2. The Labute approximate surface area is 92.3 Å². The summed E-state index contributed by atoms with van der Waals surface area (Å²) in [5.41, 5.74) is 0.421. The zero-order chi connectivity index (χ0) is 11.6. The zero-order valence-corrected chi connectivity index (χ0v) is 10.2. The first-order chi connectivity index (χ1) is 6.82. The van der Waals surface area contributed by atoms with Gasteiger partial charge in [-0.3, -0.25) is 4.79 Å². The number of carboxylic acid groups (broad SMARTS) is 1. The highest BCUT2D eigenvalue weighted by Gasteiger charge is 2.33. The highest BCUT2D eigenvalue weighted by atomic mass is 16.4. The molecule has 15 heavy (non-hydrogen) atoms. The molecule has 3 atom stereocenters. The van der Waals surface area contributed by atoms with E-state index in [-0.39, 0.29) is 0 Å². The Morgan fingerprint density at radius 3 is 2.60 bits per heavy atom. The molecule has 0 aromatic heterocycles. The second kappa shape index (κ2) is 4.52. The summed E-state index contributed by atoms with van der Waals surface area (Å²) in [6.07, 6.45) is 3.45. The fourth-order valence-corrected chi connectivity index (χ4v) is 2.59. The molecule has 1 fully saturated rings. The summed E-state index contributed by atoms with van der Waals surface area (Å²) in [6, 6.07) is -0.0669. The van der Waals surface area contributed by atoms with Crippen LogP contribution in [0.2, 0.25) is 0 Å². The van der Waals surface area contributed by atoms with Crippen LogP contribution in [-0.4, -0.2) is 23.2 Å². The third-order valence-corrected chi connectivity index (χ3v) is 3.53. The first kappa shape index (κ1) is 12.5. The third kappa shape index (κ3) is 3.49. The van der Waals surface area contributed by atoms with Gasteiger partial charge in [0.1, 0.15) is 6.04 Å². The predicted molar refractivity (Wildman–Crippen MR) is 60.8 cm³/mol. The molecular weight excluding hydrogens is 190 g/mol. The van der Waals surface area contributed by atoms with Crippen molar-refractivity contribution >= 4 is 5.97 Å². The number of hydrogen-bond donors (Lipinski definition) is 2. The fourth-order valence-electron chi connectivity index (χ4n) is 2.59. The number of carbonyl (C=O) groups is 1. The molecule has 1 aliphatic carbocycles. The van der Waals surface area contributed by atoms with E-state index in [1.54, 1.807) is 6.92 Å². The smallest absolute Gasteiger partial charge is 0.320 e. The minimum atomic E-state index is -0.757. The lowest BCUT2D eigenvalue weighted by Gasteiger charge is -2.40. The van der Waals surface area contributed by atoms with Crippen LogP contribution < -0.4 is 5.32 Å². The molecule has 2 N–H and O–H groups in total. The van der Waals surface area contributed by atoms with E-state index in [1.807, 2.05) is 0 Å². The average Bonchev–Trinajstić information content (AvgIpc) is 2.08. The van der Waals surface area contributed by atoms with Crippen molar-refractivity contribution < 1.29 is 9.90 Å². The molecule has 3 heteroatoms. The molecule has 0 aromatic rings. The molecule has 0 bridgehead atoms. The molecule has 0 saturated heterocycles. The molecule has 0 aliphatic heterocycles. The minimum absolute atomic E-state index is 0.365. The molecule has 0 spiro atoms. The molecule has 0 radical (unpaired) electrons. The fraction of sp³-hybridized carbons (Fsp3) is 0.917. The Hall–Kier alpha value is -0.570. The maximum atomic E-state index is 10.7. The second-order valence-corrected chi connectivity index (χ2v) is 5.72. The van der Waals surface area contributed by atoms with Gasteiger partial charge in [0.15, 0.2) is 0 Å². The van der Waals surface area contributed by atoms with Gasteiger partial charge in [-0.2, -0.15) is 0 Å². The number of rotatable bonds is 3. The summed E-state index contributed by atoms with van der Waals surface area (Å²) in [7, 11) is 0. The van der Waals surface area contributed by atoms with Gasteiger partial charge < -0.3 is 10.4 Å². The zero-order valence-electron chi connectivity index (χ0n) is 10.2. The van der Waals surface area contributed by atoms with Gasteiger partial charge in [-0.15, -0.1) is 0 Å². The first-order valence-corrected chi connectivity index (χ1v) is 5.81. The molecule has 3 nitrogen and oxygen atoms in total. The first-order valence-electron chi connectivity index (χ1n) is 5.81. The van der Waals surface area contributed by atoms with Crippen molar-refractivity contribution in [2.24, 2.45) is 11.3 Å². The maximum absolute atomic E-state index is 10.7. The standard InChI is InChI=1S/C12H23NO2/c1-8-7-12(3,4)6-5-10(8)13-9(2)11(14)15/h8-10,13H,5-7H2,1-4H3,(H,14,15)/t8?,9-,10?/m0/s1. The van der Waals surface area contributed by atoms with Gasteiger partial charge in [0.2, 0.25) is 0 Å². The van der Waals surface area contributed by atoms with Crippen LogP contribution in [0.4, 0.5) is 0 Å². The summed E-state index contributed by atoms with van der Waals surface area (Å²) in [5.74, 6) is -0.192. The molecule has 1 rings (SSSR count). The summed E-state index contributed by atoms with van der Waals surface area (Å²) >= 11 is 0. The van der Waals surface area contributed by atoms with E-state index in [2.05, 4.69) is 26.1 Å². The van der Waals surface area contributed by atoms with Gasteiger partial charge in [0.05, 0.1) is 0 Å². The van der Waals surface area contributed by atoms with Crippen molar-refractivity contribution in [2.45, 2.75) is 59.0 Å². The molecule has 2 unspecified atom stereocenters. The largest absolute Gasteiger partial charge is 0.480 e. The topological polar surface area (TPSA) is 49.3 Å². The van der Waals surface area contributed by atoms with Gasteiger partial charge in [-0.1, -0.05) is 20.8 Å². The van der Waals surface area contributed by atoms with Crippen LogP contribution in [0.1, 0.15) is 47.0 Å². The van der Waals surface area contributed by atoms with E-state index >= 15 is 0 Å². The van der Waals surface area contributed by atoms with Gasteiger partial charge in [-0.05, 0) is 37.5 Å². The van der Waals surface area contributed by atoms with Crippen molar-refractivity contribution in [3.8, 4) is 0 Å². The van der Waals surface area contributed by atoms with Crippen molar-refractivity contribution in [2.75, 3.05) is 0 Å². The summed E-state index contributed by atoms with van der Waals surface area (Å²) < 4.78 is 0. The van der Waals surface area contributed by atoms with Crippen molar-refractivity contribution in [3.63, 3.8) is 0 Å². The highest BCUT2D eigenvalue weighted by molar-refractivity contribution is 5.72. The van der Waals surface area contributed by atoms with Gasteiger partial charge in [0, 0.05) is 6.04 Å². The number of nitrogens with one attached hydrogen (secondary N) is 1. The molecule has 88 valence electrons. The number of carboxylic acids is 1. The quantitative estimate of drug-likeness (QED) is 0.756. The Bertz CT molecular complexity index is 238. The Morgan fingerprint density at radius 2 is 2.13 bits per heavy atom. The van der Waals surface area contributed by atoms with Crippen LogP contribution in [0, 0.1) is 11.3 Å². The lowest BCUT2D eigenvalue weighted by Crippen LogP contribution is -2.47. The van der Waals surface area contributed by atoms with E-state index in [9.17, 15) is 4.79 Å². The van der Waals surface area contributed by atoms with Crippen LogP contribution >= 0.6 is 0 Å². The monoisotopic (exact) mass is 213 g/mol. The molecule has 0 amide bonds. The summed E-state index contributed by atoms with van der Waals surface area (Å²) in [6.45, 7) is 8.52. The molecule has 1 aliphatic rings. The van der Waals surface area contributed by atoms with Crippen LogP contribution in [0.3, 0.4) is 0 Å². The predicted octanol–water partition coefficient (Wildman–Crippen LogP) is 2.26. The van der Waals surface area contributed by atoms with Crippen molar-refractivity contribution in [1.82, 2.24) is 5.32 Å². The lowest BCUT2D eigenvalue weighted by molar-refractivity contribution is -0.139. The SMILES string of the molecule is CC1CC(C)(C)CCC1N[C@@H](C)C(=O)O. The Balaban J connectivity index is 2.48. The normalized spacial score (nSPS) is 32.3. The summed E-state index contributed by atoms with van der Waals surface area (Å²) in [4.78, 5) is 10.7. The van der Waals surface area contributed by atoms with Gasteiger partial charge >= 0.3 is 5.97 Å². The third-order valence-electron chi connectivity index (χ3n) is 3.53. The van der Waals surface area contributed by atoms with Gasteiger partial charge in [-0.25, -0.2) is 0 Å². The highest BCUT2D eigenvalue weighted by Crippen LogP contribution is 2.38. The molecule has 0 heterocycles. The van der Waals surface area contributed by atoms with Crippen molar-refractivity contribution in [3.05, 3.63) is 0 Å². The van der Waals surface area contributed by atoms with E-state index < -0.39 is 12.0 Å². The van der Waals surface area contributed by atoms with E-state index in [0.717, 1.165) is 6.42 Å². The van der Waals surface area contributed by atoms with Gasteiger partial charge in [0.25, 0.3) is 0 Å². The van der Waals surface area contributed by atoms with Crippen molar-refractivity contribution in [1.29, 1.82) is 0 Å². The van der Waals surface area contributed by atoms with E-state index in [4.69, 9.17) is 5.11 Å². The second-order valence-electron chi connectivity index (χ2n) is 5.72. The van der Waals surface area contributed by atoms with Crippen LogP contribution in [0.25, 0.3) is 0 Å². The lowest BCUT2D eigenvalue weighted by atomic mass is 9.70. The number of aliphatic carboxylic acids is 1. The Morgan fingerprint density at radius 1 is 1.53 bits per heavy atom. The van der Waals surface area contributed by atoms with Crippen LogP contribution in [0.15, 0.2) is 0 Å². The minimum Gasteiger partial charge on any atom is -0.480 e. The maximum Gasteiger partial charge on any atom is 0.320 e.